The molecule has 1 atom stereocenters. The van der Waals surface area contributed by atoms with Gasteiger partial charge < -0.3 is 5.11 Å². The average Bonchev–Trinajstić information content (AvgIpc) is 1.88. The van der Waals surface area contributed by atoms with Gasteiger partial charge in [-0.15, -0.1) is 0 Å². The number of aliphatic hydroxyl groups is 1. The summed E-state index contributed by atoms with van der Waals surface area (Å²) in [6.45, 7) is 6.09. The largest absolute Gasteiger partial charge is 0.393 e. The van der Waals surface area contributed by atoms with E-state index >= 15 is 0 Å². The van der Waals surface area contributed by atoms with Crippen LogP contribution in [0.15, 0.2) is 12.2 Å². The molecule has 0 spiro atoms. The normalized spacial score (nSPS) is 14.9. The molecular formula is C9H18O. The van der Waals surface area contributed by atoms with Gasteiger partial charge in [0.15, 0.2) is 0 Å². The van der Waals surface area contributed by atoms with Crippen molar-refractivity contribution >= 4 is 0 Å². The van der Waals surface area contributed by atoms with Crippen LogP contribution in [0.3, 0.4) is 0 Å². The van der Waals surface area contributed by atoms with Crippen LogP contribution in [0.1, 0.15) is 33.6 Å². The summed E-state index contributed by atoms with van der Waals surface area (Å²) in [4.78, 5) is 0. The maximum absolute atomic E-state index is 9.32. The van der Waals surface area contributed by atoms with Crippen LogP contribution in [0.25, 0.3) is 0 Å². The van der Waals surface area contributed by atoms with Gasteiger partial charge in [0, 0.05) is 0 Å². The third-order valence-electron chi connectivity index (χ3n) is 1.63. The van der Waals surface area contributed by atoms with Crippen molar-refractivity contribution in [3.05, 3.63) is 12.2 Å². The molecule has 0 fully saturated rings. The molecule has 0 aliphatic rings. The van der Waals surface area contributed by atoms with E-state index in [2.05, 4.69) is 6.08 Å². The van der Waals surface area contributed by atoms with Crippen LogP contribution in [0.5, 0.6) is 0 Å². The van der Waals surface area contributed by atoms with Gasteiger partial charge in [-0.1, -0.05) is 26.0 Å². The maximum Gasteiger partial charge on any atom is 0.0566 e. The molecule has 0 amide bonds. The first-order valence-electron chi connectivity index (χ1n) is 3.97. The monoisotopic (exact) mass is 142 g/mol. The minimum absolute atomic E-state index is 0.129. The minimum Gasteiger partial charge on any atom is -0.393 e. The molecule has 0 saturated heterocycles. The first-order valence-corrected chi connectivity index (χ1v) is 3.97. The third-order valence-corrected chi connectivity index (χ3v) is 1.63. The zero-order valence-electron chi connectivity index (χ0n) is 7.17. The fraction of sp³-hybridized carbons (Fsp3) is 0.778. The Morgan fingerprint density at radius 1 is 1.40 bits per heavy atom. The highest BCUT2D eigenvalue weighted by Crippen LogP contribution is 2.07. The molecule has 0 aromatic heterocycles. The van der Waals surface area contributed by atoms with Crippen molar-refractivity contribution in [1.29, 1.82) is 0 Å². The molecule has 0 radical (unpaired) electrons. The SMILES string of the molecule is C/C=C/CCC(O)C(C)C. The summed E-state index contributed by atoms with van der Waals surface area (Å²) in [5.41, 5.74) is 0. The van der Waals surface area contributed by atoms with Gasteiger partial charge in [-0.25, -0.2) is 0 Å². The van der Waals surface area contributed by atoms with E-state index in [-0.39, 0.29) is 6.10 Å². The van der Waals surface area contributed by atoms with E-state index in [1.165, 1.54) is 0 Å². The van der Waals surface area contributed by atoms with Crippen molar-refractivity contribution in [1.82, 2.24) is 0 Å². The van der Waals surface area contributed by atoms with Crippen molar-refractivity contribution in [2.45, 2.75) is 39.7 Å². The molecule has 0 rings (SSSR count). The van der Waals surface area contributed by atoms with Crippen LogP contribution in [0.2, 0.25) is 0 Å². The van der Waals surface area contributed by atoms with Crippen LogP contribution in [-0.4, -0.2) is 11.2 Å². The Bertz CT molecular complexity index is 94.9. The second-order valence-corrected chi connectivity index (χ2v) is 2.96. The Hall–Kier alpha value is -0.300. The number of hydrogen-bond acceptors (Lipinski definition) is 1. The van der Waals surface area contributed by atoms with E-state index in [1.54, 1.807) is 0 Å². The zero-order chi connectivity index (χ0) is 7.98. The van der Waals surface area contributed by atoms with E-state index in [4.69, 9.17) is 0 Å². The van der Waals surface area contributed by atoms with Gasteiger partial charge in [-0.05, 0) is 25.7 Å². The lowest BCUT2D eigenvalue weighted by Gasteiger charge is -2.12. The molecule has 0 heterocycles. The molecule has 0 aliphatic heterocycles. The molecule has 1 N–H and O–H groups in total. The summed E-state index contributed by atoms with van der Waals surface area (Å²) in [6.07, 6.45) is 5.87. The topological polar surface area (TPSA) is 20.2 Å². The number of allylic oxidation sites excluding steroid dienone is 2. The van der Waals surface area contributed by atoms with Crippen molar-refractivity contribution in [3.63, 3.8) is 0 Å². The predicted molar refractivity (Wildman–Crippen MR) is 44.9 cm³/mol. The lowest BCUT2D eigenvalue weighted by Crippen LogP contribution is -2.13. The second-order valence-electron chi connectivity index (χ2n) is 2.96. The van der Waals surface area contributed by atoms with Crippen LogP contribution in [0, 0.1) is 5.92 Å². The van der Waals surface area contributed by atoms with E-state index in [9.17, 15) is 5.11 Å². The van der Waals surface area contributed by atoms with Gasteiger partial charge in [0.1, 0.15) is 0 Å². The molecule has 1 nitrogen and oxygen atoms in total. The lowest BCUT2D eigenvalue weighted by molar-refractivity contribution is 0.117. The Morgan fingerprint density at radius 2 is 2.00 bits per heavy atom. The molecular weight excluding hydrogens is 124 g/mol. The fourth-order valence-electron chi connectivity index (χ4n) is 0.767. The maximum atomic E-state index is 9.32. The van der Waals surface area contributed by atoms with E-state index in [0.717, 1.165) is 12.8 Å². The van der Waals surface area contributed by atoms with E-state index < -0.39 is 0 Å². The molecule has 0 bridgehead atoms. The van der Waals surface area contributed by atoms with Crippen molar-refractivity contribution in [2.75, 3.05) is 0 Å². The Kier molecular flexibility index (Phi) is 5.32. The van der Waals surface area contributed by atoms with Gasteiger partial charge in [-0.2, -0.15) is 0 Å². The lowest BCUT2D eigenvalue weighted by atomic mass is 10.0. The quantitative estimate of drug-likeness (QED) is 0.597. The highest BCUT2D eigenvalue weighted by molar-refractivity contribution is 4.78. The van der Waals surface area contributed by atoms with Gasteiger partial charge in [-0.3, -0.25) is 0 Å². The van der Waals surface area contributed by atoms with Gasteiger partial charge in [0.2, 0.25) is 0 Å². The second kappa shape index (κ2) is 5.48. The average molecular weight is 142 g/mol. The summed E-state index contributed by atoms with van der Waals surface area (Å²) in [5, 5.41) is 9.32. The van der Waals surface area contributed by atoms with Gasteiger partial charge in [0.05, 0.1) is 6.10 Å². The van der Waals surface area contributed by atoms with Crippen molar-refractivity contribution in [2.24, 2.45) is 5.92 Å². The van der Waals surface area contributed by atoms with Crippen LogP contribution in [0.4, 0.5) is 0 Å². The van der Waals surface area contributed by atoms with Crippen LogP contribution < -0.4 is 0 Å². The number of rotatable bonds is 4. The Balaban J connectivity index is 3.30. The standard InChI is InChI=1S/C9H18O/c1-4-5-6-7-9(10)8(2)3/h4-5,8-10H,6-7H2,1-3H3/b5-4+. The summed E-state index contributed by atoms with van der Waals surface area (Å²) >= 11 is 0. The fourth-order valence-corrected chi connectivity index (χ4v) is 0.767. The summed E-state index contributed by atoms with van der Waals surface area (Å²) < 4.78 is 0. The van der Waals surface area contributed by atoms with Crippen LogP contribution >= 0.6 is 0 Å². The van der Waals surface area contributed by atoms with Crippen molar-refractivity contribution < 1.29 is 5.11 Å². The summed E-state index contributed by atoms with van der Waals surface area (Å²) in [5.74, 6) is 0.394. The first-order chi connectivity index (χ1) is 4.68. The number of hydrogen-bond donors (Lipinski definition) is 1. The van der Waals surface area contributed by atoms with E-state index in [0.29, 0.717) is 5.92 Å². The molecule has 60 valence electrons. The molecule has 1 heteroatoms. The van der Waals surface area contributed by atoms with Gasteiger partial charge >= 0.3 is 0 Å². The molecule has 10 heavy (non-hydrogen) atoms. The van der Waals surface area contributed by atoms with Crippen molar-refractivity contribution in [3.8, 4) is 0 Å². The Morgan fingerprint density at radius 3 is 2.40 bits per heavy atom. The smallest absolute Gasteiger partial charge is 0.0566 e. The Labute approximate surface area is 63.8 Å². The molecule has 0 saturated carbocycles. The summed E-state index contributed by atoms with van der Waals surface area (Å²) in [6, 6.07) is 0. The third kappa shape index (κ3) is 4.57. The number of aliphatic hydroxyl groups excluding tert-OH is 1. The highest BCUT2D eigenvalue weighted by Gasteiger charge is 2.06. The van der Waals surface area contributed by atoms with E-state index in [1.807, 2.05) is 26.8 Å². The molecule has 1 unspecified atom stereocenters. The van der Waals surface area contributed by atoms with Crippen LogP contribution in [-0.2, 0) is 0 Å². The molecule has 0 aromatic carbocycles. The molecule has 0 aromatic rings. The predicted octanol–water partition coefficient (Wildman–Crippen LogP) is 2.36. The minimum atomic E-state index is -0.129. The van der Waals surface area contributed by atoms with Gasteiger partial charge in [0.25, 0.3) is 0 Å². The summed E-state index contributed by atoms with van der Waals surface area (Å²) in [7, 11) is 0. The molecule has 0 aliphatic carbocycles. The highest BCUT2D eigenvalue weighted by atomic mass is 16.3. The zero-order valence-corrected chi connectivity index (χ0v) is 7.17. The first kappa shape index (κ1) is 9.70.